The number of nitrogens with one attached hydrogen (secondary N) is 1. The van der Waals surface area contributed by atoms with Crippen LogP contribution in [-0.2, 0) is 11.3 Å². The van der Waals surface area contributed by atoms with E-state index in [4.69, 9.17) is 14.2 Å². The maximum absolute atomic E-state index is 9.60. The van der Waals surface area contributed by atoms with Crippen LogP contribution in [0.4, 0.5) is 5.82 Å². The lowest BCUT2D eigenvalue weighted by atomic mass is 10.0. The third kappa shape index (κ3) is 5.11. The number of anilines is 1. The summed E-state index contributed by atoms with van der Waals surface area (Å²) in [4.78, 5) is 4.42. The minimum Gasteiger partial charge on any atom is -0.494 e. The Morgan fingerprint density at radius 1 is 1.13 bits per heavy atom. The highest BCUT2D eigenvalue weighted by Gasteiger charge is 2.12. The predicted octanol–water partition coefficient (Wildman–Crippen LogP) is 4.80. The SMILES string of the molecule is CCOc1ccc2ccc(OCC)c(/C=N/Nc3nc(C)cc(COC)c3C#N)c2c1. The van der Waals surface area contributed by atoms with Crippen molar-refractivity contribution >= 4 is 22.8 Å². The molecule has 0 aliphatic carbocycles. The van der Waals surface area contributed by atoms with E-state index in [9.17, 15) is 5.26 Å². The van der Waals surface area contributed by atoms with Gasteiger partial charge in [0.25, 0.3) is 0 Å². The van der Waals surface area contributed by atoms with E-state index in [2.05, 4.69) is 21.6 Å². The minimum atomic E-state index is 0.322. The number of benzene rings is 2. The Morgan fingerprint density at radius 3 is 2.61 bits per heavy atom. The molecule has 0 radical (unpaired) electrons. The molecule has 0 saturated carbocycles. The highest BCUT2D eigenvalue weighted by molar-refractivity contribution is 6.03. The smallest absolute Gasteiger partial charge is 0.164 e. The standard InChI is InChI=1S/C24H26N4O3/c1-5-30-19-9-7-17-8-10-23(31-6-2)22(20(17)12-19)14-26-28-24-21(13-25)18(15-29-4)11-16(3)27-24/h7-12,14H,5-6,15H2,1-4H3,(H,27,28)/b26-14+. The largest absolute Gasteiger partial charge is 0.494 e. The van der Waals surface area contributed by atoms with Gasteiger partial charge in [0.05, 0.1) is 26.0 Å². The molecule has 0 spiro atoms. The number of nitrogens with zero attached hydrogens (tertiary/aromatic N) is 3. The zero-order valence-electron chi connectivity index (χ0n) is 18.2. The van der Waals surface area contributed by atoms with Crippen LogP contribution in [0.25, 0.3) is 10.8 Å². The number of nitriles is 1. The van der Waals surface area contributed by atoms with Crippen molar-refractivity contribution in [2.24, 2.45) is 5.10 Å². The number of aryl methyl sites for hydroxylation is 1. The quantitative estimate of drug-likeness (QED) is 0.396. The van der Waals surface area contributed by atoms with Gasteiger partial charge < -0.3 is 14.2 Å². The van der Waals surface area contributed by atoms with Crippen molar-refractivity contribution in [3.05, 3.63) is 58.8 Å². The molecule has 0 bridgehead atoms. The monoisotopic (exact) mass is 418 g/mol. The van der Waals surface area contributed by atoms with Crippen LogP contribution < -0.4 is 14.9 Å². The van der Waals surface area contributed by atoms with Crippen LogP contribution in [0.5, 0.6) is 11.5 Å². The van der Waals surface area contributed by atoms with Gasteiger partial charge in [-0.3, -0.25) is 5.43 Å². The van der Waals surface area contributed by atoms with Gasteiger partial charge in [-0.2, -0.15) is 10.4 Å². The summed E-state index contributed by atoms with van der Waals surface area (Å²) in [6.07, 6.45) is 1.68. The number of hydrogen-bond donors (Lipinski definition) is 1. The molecule has 7 nitrogen and oxygen atoms in total. The molecule has 1 aromatic heterocycles. The lowest BCUT2D eigenvalue weighted by molar-refractivity contribution is 0.184. The van der Waals surface area contributed by atoms with E-state index in [0.717, 1.165) is 33.3 Å². The molecule has 1 N–H and O–H groups in total. The summed E-state index contributed by atoms with van der Waals surface area (Å²) in [7, 11) is 1.59. The summed E-state index contributed by atoms with van der Waals surface area (Å²) in [6, 6.07) is 13.9. The number of pyridine rings is 1. The summed E-state index contributed by atoms with van der Waals surface area (Å²) in [6.45, 7) is 7.19. The number of ether oxygens (including phenoxy) is 3. The van der Waals surface area contributed by atoms with E-state index in [-0.39, 0.29) is 0 Å². The average molecular weight is 418 g/mol. The zero-order chi connectivity index (χ0) is 22.2. The number of hydrazone groups is 1. The summed E-state index contributed by atoms with van der Waals surface area (Å²) in [5.74, 6) is 1.88. The highest BCUT2D eigenvalue weighted by atomic mass is 16.5. The Bertz CT molecular complexity index is 1130. The van der Waals surface area contributed by atoms with E-state index in [1.54, 1.807) is 13.3 Å². The van der Waals surface area contributed by atoms with Gasteiger partial charge in [-0.25, -0.2) is 4.98 Å². The second kappa shape index (κ2) is 10.4. The Labute approximate surface area is 182 Å². The Balaban J connectivity index is 2.02. The molecule has 0 unspecified atom stereocenters. The Morgan fingerprint density at radius 2 is 1.90 bits per heavy atom. The molecule has 0 amide bonds. The number of fused-ring (bicyclic) bond motifs is 1. The molecule has 1 heterocycles. The van der Waals surface area contributed by atoms with Crippen molar-refractivity contribution in [3.8, 4) is 17.6 Å². The Kier molecular flexibility index (Phi) is 7.41. The molecule has 0 aliphatic rings. The normalized spacial score (nSPS) is 10.9. The van der Waals surface area contributed by atoms with Crippen molar-refractivity contribution in [3.63, 3.8) is 0 Å². The van der Waals surface area contributed by atoms with Crippen molar-refractivity contribution in [1.29, 1.82) is 5.26 Å². The first-order valence-electron chi connectivity index (χ1n) is 10.1. The first kappa shape index (κ1) is 22.1. The fraction of sp³-hybridized carbons (Fsp3) is 0.292. The van der Waals surface area contributed by atoms with Gasteiger partial charge in [0, 0.05) is 23.9 Å². The molecule has 7 heteroatoms. The van der Waals surface area contributed by atoms with E-state index in [0.29, 0.717) is 37.0 Å². The Hall–Kier alpha value is -3.63. The van der Waals surface area contributed by atoms with Crippen LogP contribution >= 0.6 is 0 Å². The van der Waals surface area contributed by atoms with Crippen LogP contribution in [0.15, 0.2) is 41.5 Å². The molecule has 0 fully saturated rings. The van der Waals surface area contributed by atoms with Crippen molar-refractivity contribution in [2.75, 3.05) is 25.7 Å². The van der Waals surface area contributed by atoms with Crippen LogP contribution in [-0.4, -0.2) is 31.5 Å². The van der Waals surface area contributed by atoms with Crippen molar-refractivity contribution in [2.45, 2.75) is 27.4 Å². The summed E-state index contributed by atoms with van der Waals surface area (Å²) >= 11 is 0. The van der Waals surface area contributed by atoms with E-state index in [1.165, 1.54) is 0 Å². The van der Waals surface area contributed by atoms with Crippen LogP contribution in [0.3, 0.4) is 0 Å². The topological polar surface area (TPSA) is 88.8 Å². The maximum Gasteiger partial charge on any atom is 0.164 e. The molecular weight excluding hydrogens is 392 g/mol. The van der Waals surface area contributed by atoms with Crippen molar-refractivity contribution in [1.82, 2.24) is 4.98 Å². The highest BCUT2D eigenvalue weighted by Crippen LogP contribution is 2.30. The van der Waals surface area contributed by atoms with Gasteiger partial charge in [-0.15, -0.1) is 0 Å². The molecule has 0 saturated heterocycles. The molecule has 0 atom stereocenters. The molecule has 3 aromatic rings. The third-order valence-corrected chi connectivity index (χ3v) is 4.61. The van der Waals surface area contributed by atoms with Gasteiger partial charge in [0.2, 0.25) is 0 Å². The maximum atomic E-state index is 9.60. The van der Waals surface area contributed by atoms with Gasteiger partial charge in [0.1, 0.15) is 23.1 Å². The van der Waals surface area contributed by atoms with Crippen LogP contribution in [0.1, 0.15) is 36.2 Å². The lowest BCUT2D eigenvalue weighted by Crippen LogP contribution is -2.04. The summed E-state index contributed by atoms with van der Waals surface area (Å²) in [5, 5.41) is 16.0. The predicted molar refractivity (Wildman–Crippen MR) is 122 cm³/mol. The van der Waals surface area contributed by atoms with Crippen LogP contribution in [0.2, 0.25) is 0 Å². The molecule has 31 heavy (non-hydrogen) atoms. The number of methoxy groups -OCH3 is 1. The summed E-state index contributed by atoms with van der Waals surface area (Å²) in [5.41, 5.74) is 5.67. The lowest BCUT2D eigenvalue weighted by Gasteiger charge is -2.12. The van der Waals surface area contributed by atoms with Gasteiger partial charge >= 0.3 is 0 Å². The molecule has 0 aliphatic heterocycles. The molecular formula is C24H26N4O3. The minimum absolute atomic E-state index is 0.322. The molecule has 160 valence electrons. The van der Waals surface area contributed by atoms with E-state index >= 15 is 0 Å². The fourth-order valence-electron chi connectivity index (χ4n) is 3.35. The first-order valence-corrected chi connectivity index (χ1v) is 10.1. The summed E-state index contributed by atoms with van der Waals surface area (Å²) < 4.78 is 16.7. The molecule has 3 rings (SSSR count). The number of rotatable bonds is 9. The van der Waals surface area contributed by atoms with Gasteiger partial charge in [0.15, 0.2) is 5.82 Å². The van der Waals surface area contributed by atoms with Gasteiger partial charge in [-0.05, 0) is 55.8 Å². The number of aromatic nitrogens is 1. The second-order valence-corrected chi connectivity index (χ2v) is 6.79. The number of hydrogen-bond acceptors (Lipinski definition) is 7. The van der Waals surface area contributed by atoms with E-state index in [1.807, 2.05) is 57.2 Å². The average Bonchev–Trinajstić information content (AvgIpc) is 2.75. The molecule has 2 aromatic carbocycles. The fourth-order valence-corrected chi connectivity index (χ4v) is 3.35. The van der Waals surface area contributed by atoms with E-state index < -0.39 is 0 Å². The third-order valence-electron chi connectivity index (χ3n) is 4.61. The second-order valence-electron chi connectivity index (χ2n) is 6.79. The zero-order valence-corrected chi connectivity index (χ0v) is 18.2. The van der Waals surface area contributed by atoms with Gasteiger partial charge in [-0.1, -0.05) is 12.1 Å². The van der Waals surface area contributed by atoms with Crippen LogP contribution in [0, 0.1) is 18.3 Å². The van der Waals surface area contributed by atoms with Crippen molar-refractivity contribution < 1.29 is 14.2 Å². The first-order chi connectivity index (χ1) is 15.1.